The molecule has 3 N–H and O–H groups in total. The van der Waals surface area contributed by atoms with E-state index < -0.39 is 5.82 Å². The minimum absolute atomic E-state index is 0.0589. The lowest BCUT2D eigenvalue weighted by molar-refractivity contribution is 0.118. The number of halogens is 1. The van der Waals surface area contributed by atoms with Gasteiger partial charge in [0.05, 0.1) is 18.3 Å². The summed E-state index contributed by atoms with van der Waals surface area (Å²) in [4.78, 5) is 9.50. The van der Waals surface area contributed by atoms with Crippen LogP contribution in [0.2, 0.25) is 0 Å². The predicted molar refractivity (Wildman–Crippen MR) is 62.0 cm³/mol. The summed E-state index contributed by atoms with van der Waals surface area (Å²) in [5.74, 6) is 5.17. The van der Waals surface area contributed by atoms with Crippen LogP contribution in [0.1, 0.15) is 13.3 Å². The first-order valence-electron chi connectivity index (χ1n) is 5.47. The lowest BCUT2D eigenvalue weighted by atomic mass is 10.1. The molecule has 17 heavy (non-hydrogen) atoms. The molecule has 2 unspecified atom stereocenters. The molecule has 6 nitrogen and oxygen atoms in total. The molecule has 1 aromatic rings. The van der Waals surface area contributed by atoms with E-state index in [1.807, 2.05) is 6.92 Å². The predicted octanol–water partition coefficient (Wildman–Crippen LogP) is 0.515. The van der Waals surface area contributed by atoms with Gasteiger partial charge in [-0.25, -0.2) is 15.2 Å². The van der Waals surface area contributed by atoms with Crippen LogP contribution >= 0.6 is 0 Å². The van der Waals surface area contributed by atoms with Crippen LogP contribution in [0.5, 0.6) is 0 Å². The zero-order valence-corrected chi connectivity index (χ0v) is 9.85. The summed E-state index contributed by atoms with van der Waals surface area (Å²) in [5, 5.41) is 0. The van der Waals surface area contributed by atoms with Crippen molar-refractivity contribution in [3.05, 3.63) is 12.0 Å². The van der Waals surface area contributed by atoms with Crippen LogP contribution in [0.4, 0.5) is 16.2 Å². The Kier molecular flexibility index (Phi) is 3.39. The van der Waals surface area contributed by atoms with Crippen LogP contribution in [-0.4, -0.2) is 35.8 Å². The van der Waals surface area contributed by atoms with Gasteiger partial charge >= 0.3 is 0 Å². The second-order valence-corrected chi connectivity index (χ2v) is 4.05. The maximum Gasteiger partial charge on any atom is 0.239 e. The molecule has 0 amide bonds. The highest BCUT2D eigenvalue weighted by Gasteiger charge is 2.30. The van der Waals surface area contributed by atoms with E-state index in [4.69, 9.17) is 10.6 Å². The summed E-state index contributed by atoms with van der Waals surface area (Å²) >= 11 is 0. The zero-order valence-electron chi connectivity index (χ0n) is 9.85. The maximum atomic E-state index is 13.7. The van der Waals surface area contributed by atoms with Crippen molar-refractivity contribution in [2.75, 3.05) is 24.0 Å². The highest BCUT2D eigenvalue weighted by molar-refractivity contribution is 5.44. The van der Waals surface area contributed by atoms with Crippen LogP contribution < -0.4 is 16.2 Å². The molecule has 1 fully saturated rings. The van der Waals surface area contributed by atoms with Crippen molar-refractivity contribution in [2.24, 2.45) is 5.84 Å². The number of likely N-dealkylation sites (N-methyl/N-ethyl adjacent to an activating group) is 1. The summed E-state index contributed by atoms with van der Waals surface area (Å²) in [6.45, 7) is 2.65. The van der Waals surface area contributed by atoms with Gasteiger partial charge in [-0.15, -0.1) is 0 Å². The number of nitrogens with two attached hydrogens (primary N) is 1. The Hall–Kier alpha value is -1.47. The molecule has 1 saturated heterocycles. The van der Waals surface area contributed by atoms with Gasteiger partial charge in [0.2, 0.25) is 5.95 Å². The highest BCUT2D eigenvalue weighted by Crippen LogP contribution is 2.25. The summed E-state index contributed by atoms with van der Waals surface area (Å²) in [5.41, 5.74) is 2.30. The van der Waals surface area contributed by atoms with E-state index in [9.17, 15) is 4.39 Å². The smallest absolute Gasteiger partial charge is 0.239 e. The Morgan fingerprint density at radius 2 is 2.41 bits per heavy atom. The van der Waals surface area contributed by atoms with Crippen LogP contribution in [-0.2, 0) is 4.74 Å². The molecule has 0 radical (unpaired) electrons. The van der Waals surface area contributed by atoms with Crippen molar-refractivity contribution in [2.45, 2.75) is 25.5 Å². The molecule has 0 aliphatic carbocycles. The fourth-order valence-corrected chi connectivity index (χ4v) is 2.06. The Labute approximate surface area is 99.0 Å². The third-order valence-corrected chi connectivity index (χ3v) is 3.02. The summed E-state index contributed by atoms with van der Waals surface area (Å²) < 4.78 is 19.1. The third-order valence-electron chi connectivity index (χ3n) is 3.02. The van der Waals surface area contributed by atoms with Gasteiger partial charge < -0.3 is 9.64 Å². The molecular weight excluding hydrogens is 225 g/mol. The van der Waals surface area contributed by atoms with Crippen LogP contribution in [0, 0.1) is 5.82 Å². The number of anilines is 2. The average Bonchev–Trinajstić information content (AvgIpc) is 2.75. The molecule has 1 aromatic heterocycles. The molecule has 0 spiro atoms. The van der Waals surface area contributed by atoms with Gasteiger partial charge in [-0.05, 0) is 13.3 Å². The Morgan fingerprint density at radius 1 is 1.65 bits per heavy atom. The zero-order chi connectivity index (χ0) is 12.4. The summed E-state index contributed by atoms with van der Waals surface area (Å²) in [6, 6.07) is 0.116. The number of nitrogen functional groups attached to an aromatic ring is 1. The quantitative estimate of drug-likeness (QED) is 0.593. The van der Waals surface area contributed by atoms with Gasteiger partial charge in [-0.2, -0.15) is 4.98 Å². The van der Waals surface area contributed by atoms with Crippen LogP contribution in [0.3, 0.4) is 0 Å². The van der Waals surface area contributed by atoms with E-state index in [-0.39, 0.29) is 23.9 Å². The Bertz CT molecular complexity index is 402. The average molecular weight is 241 g/mol. The van der Waals surface area contributed by atoms with Gasteiger partial charge in [0.15, 0.2) is 11.6 Å². The number of hydrogen-bond donors (Lipinski definition) is 2. The molecule has 94 valence electrons. The van der Waals surface area contributed by atoms with E-state index in [0.717, 1.165) is 12.6 Å². The SMILES string of the molecule is CC1OCCC1N(C)c1nc(NN)ncc1F. The fourth-order valence-electron chi connectivity index (χ4n) is 2.06. The molecule has 0 saturated carbocycles. The number of rotatable bonds is 3. The maximum absolute atomic E-state index is 13.7. The van der Waals surface area contributed by atoms with E-state index in [1.165, 1.54) is 0 Å². The molecule has 2 rings (SSSR count). The minimum Gasteiger partial charge on any atom is -0.376 e. The largest absolute Gasteiger partial charge is 0.376 e. The molecule has 7 heteroatoms. The number of nitrogens with one attached hydrogen (secondary N) is 1. The Morgan fingerprint density at radius 3 is 3.00 bits per heavy atom. The molecule has 2 heterocycles. The van der Waals surface area contributed by atoms with Crippen LogP contribution in [0.25, 0.3) is 0 Å². The number of hydrazine groups is 1. The highest BCUT2D eigenvalue weighted by atomic mass is 19.1. The monoisotopic (exact) mass is 241 g/mol. The number of ether oxygens (including phenoxy) is 1. The van der Waals surface area contributed by atoms with E-state index in [0.29, 0.717) is 6.61 Å². The fraction of sp³-hybridized carbons (Fsp3) is 0.600. The van der Waals surface area contributed by atoms with Crippen molar-refractivity contribution in [1.82, 2.24) is 9.97 Å². The van der Waals surface area contributed by atoms with Crippen molar-refractivity contribution in [3.8, 4) is 0 Å². The molecule has 0 bridgehead atoms. The van der Waals surface area contributed by atoms with Crippen molar-refractivity contribution in [3.63, 3.8) is 0 Å². The van der Waals surface area contributed by atoms with Crippen LogP contribution in [0.15, 0.2) is 6.20 Å². The van der Waals surface area contributed by atoms with Crippen molar-refractivity contribution in [1.29, 1.82) is 0 Å². The van der Waals surface area contributed by atoms with Crippen molar-refractivity contribution < 1.29 is 9.13 Å². The van der Waals surface area contributed by atoms with Gasteiger partial charge in [-0.1, -0.05) is 0 Å². The molecule has 1 aliphatic heterocycles. The second-order valence-electron chi connectivity index (χ2n) is 4.05. The number of hydrogen-bond acceptors (Lipinski definition) is 6. The van der Waals surface area contributed by atoms with Gasteiger partial charge in [-0.3, -0.25) is 5.43 Å². The standard InChI is InChI=1S/C10H16FN5O/c1-6-8(3-4-17-6)16(2)9-7(11)5-13-10(14-9)15-12/h5-6,8H,3-4,12H2,1-2H3,(H,13,14,15). The van der Waals surface area contributed by atoms with Crippen molar-refractivity contribution >= 4 is 11.8 Å². The van der Waals surface area contributed by atoms with E-state index in [1.54, 1.807) is 11.9 Å². The van der Waals surface area contributed by atoms with Gasteiger partial charge in [0.1, 0.15) is 0 Å². The van der Waals surface area contributed by atoms with Gasteiger partial charge in [0, 0.05) is 13.7 Å². The lowest BCUT2D eigenvalue weighted by Crippen LogP contribution is -2.38. The van der Waals surface area contributed by atoms with E-state index in [2.05, 4.69) is 15.4 Å². The molecule has 0 aromatic carbocycles. The lowest BCUT2D eigenvalue weighted by Gasteiger charge is -2.27. The normalized spacial score (nSPS) is 23.8. The van der Waals surface area contributed by atoms with E-state index >= 15 is 0 Å². The molecule has 1 aliphatic rings. The molecule has 2 atom stereocenters. The summed E-state index contributed by atoms with van der Waals surface area (Å²) in [7, 11) is 1.79. The van der Waals surface area contributed by atoms with Gasteiger partial charge in [0.25, 0.3) is 0 Å². The first kappa shape index (κ1) is 12.0. The Balaban J connectivity index is 2.26. The third kappa shape index (κ3) is 2.29. The summed E-state index contributed by atoms with van der Waals surface area (Å²) in [6.07, 6.45) is 2.02. The topological polar surface area (TPSA) is 76.3 Å². The number of aromatic nitrogens is 2. The first-order chi connectivity index (χ1) is 8.13. The number of nitrogens with zero attached hydrogens (tertiary/aromatic N) is 3. The molecular formula is C10H16FN5O. The first-order valence-corrected chi connectivity index (χ1v) is 5.47. The second kappa shape index (κ2) is 4.80. The minimum atomic E-state index is -0.467.